The molecule has 2 aromatic carbocycles. The van der Waals surface area contributed by atoms with E-state index in [1.807, 2.05) is 30.3 Å². The predicted octanol–water partition coefficient (Wildman–Crippen LogP) is 3.11. The maximum atomic E-state index is 12.1. The molecule has 0 aliphatic heterocycles. The van der Waals surface area contributed by atoms with Crippen molar-refractivity contribution in [3.05, 3.63) is 74.8 Å². The minimum atomic E-state index is -1.04. The summed E-state index contributed by atoms with van der Waals surface area (Å²) in [7, 11) is 0. The van der Waals surface area contributed by atoms with Crippen LogP contribution in [-0.4, -0.2) is 22.9 Å². The fourth-order valence-electron chi connectivity index (χ4n) is 1.99. The Morgan fingerprint density at radius 1 is 1.24 bits per heavy atom. The molecule has 7 nitrogen and oxygen atoms in total. The molecule has 0 bridgehead atoms. The number of non-ortho nitro benzene ring substituents is 1. The molecule has 1 N–H and O–H groups in total. The standard InChI is InChI=1S/C17H15ClN2O5/c1-11(16(21)19-10-12-5-3-2-4-6-12)25-17(22)14-8-7-13(20(23)24)9-15(14)18/h2-9,11H,10H2,1H3,(H,19,21)/t11-/m0/s1. The van der Waals surface area contributed by atoms with Crippen LogP contribution in [0, 0.1) is 10.1 Å². The summed E-state index contributed by atoms with van der Waals surface area (Å²) < 4.78 is 5.06. The van der Waals surface area contributed by atoms with E-state index < -0.39 is 22.9 Å². The van der Waals surface area contributed by atoms with Crippen LogP contribution >= 0.6 is 11.6 Å². The van der Waals surface area contributed by atoms with Crippen molar-refractivity contribution in [2.24, 2.45) is 0 Å². The number of nitrogens with one attached hydrogen (secondary N) is 1. The average molecular weight is 363 g/mol. The lowest BCUT2D eigenvalue weighted by Gasteiger charge is -2.14. The molecular weight excluding hydrogens is 348 g/mol. The van der Waals surface area contributed by atoms with E-state index in [1.165, 1.54) is 13.0 Å². The van der Waals surface area contributed by atoms with Gasteiger partial charge in [0.1, 0.15) is 0 Å². The van der Waals surface area contributed by atoms with E-state index >= 15 is 0 Å². The van der Waals surface area contributed by atoms with Gasteiger partial charge in [0.2, 0.25) is 0 Å². The van der Waals surface area contributed by atoms with Crippen LogP contribution in [-0.2, 0) is 16.1 Å². The first kappa shape index (κ1) is 18.4. The molecule has 2 aromatic rings. The number of hydrogen-bond donors (Lipinski definition) is 1. The summed E-state index contributed by atoms with van der Waals surface area (Å²) in [4.78, 5) is 34.1. The van der Waals surface area contributed by atoms with E-state index in [1.54, 1.807) is 0 Å². The van der Waals surface area contributed by atoms with Crippen molar-refractivity contribution in [3.63, 3.8) is 0 Å². The number of amides is 1. The summed E-state index contributed by atoms with van der Waals surface area (Å²) in [6.45, 7) is 1.73. The fourth-order valence-corrected chi connectivity index (χ4v) is 2.24. The Morgan fingerprint density at radius 3 is 2.52 bits per heavy atom. The number of hydrogen-bond acceptors (Lipinski definition) is 5. The van der Waals surface area contributed by atoms with Crippen molar-refractivity contribution in [1.82, 2.24) is 5.32 Å². The van der Waals surface area contributed by atoms with Gasteiger partial charge in [0.05, 0.1) is 15.5 Å². The number of ether oxygens (including phenoxy) is 1. The van der Waals surface area contributed by atoms with Gasteiger partial charge in [-0.05, 0) is 18.6 Å². The summed E-state index contributed by atoms with van der Waals surface area (Å²) >= 11 is 5.87. The fraction of sp³-hybridized carbons (Fsp3) is 0.176. The molecule has 130 valence electrons. The van der Waals surface area contributed by atoms with Gasteiger partial charge >= 0.3 is 5.97 Å². The molecule has 0 spiro atoms. The lowest BCUT2D eigenvalue weighted by molar-refractivity contribution is -0.384. The number of carbonyl (C=O) groups is 2. The number of nitrogens with zero attached hydrogens (tertiary/aromatic N) is 1. The largest absolute Gasteiger partial charge is 0.449 e. The van der Waals surface area contributed by atoms with Crippen LogP contribution < -0.4 is 5.32 Å². The Balaban J connectivity index is 1.95. The normalized spacial score (nSPS) is 11.4. The lowest BCUT2D eigenvalue weighted by Crippen LogP contribution is -2.35. The zero-order valence-corrected chi connectivity index (χ0v) is 14.0. The van der Waals surface area contributed by atoms with Crippen molar-refractivity contribution >= 4 is 29.2 Å². The summed E-state index contributed by atoms with van der Waals surface area (Å²) in [6.07, 6.45) is -1.04. The molecule has 2 rings (SSSR count). The summed E-state index contributed by atoms with van der Waals surface area (Å²) in [6, 6.07) is 12.7. The van der Waals surface area contributed by atoms with Crippen LogP contribution in [0.25, 0.3) is 0 Å². The van der Waals surface area contributed by atoms with E-state index in [4.69, 9.17) is 16.3 Å². The Hall–Kier alpha value is -2.93. The molecule has 0 saturated heterocycles. The molecule has 8 heteroatoms. The molecule has 0 heterocycles. The monoisotopic (exact) mass is 362 g/mol. The number of nitro groups is 1. The third-order valence-corrected chi connectivity index (χ3v) is 3.66. The van der Waals surface area contributed by atoms with E-state index in [-0.39, 0.29) is 16.3 Å². The first-order valence-corrected chi connectivity index (χ1v) is 7.73. The highest BCUT2D eigenvalue weighted by Gasteiger charge is 2.21. The second-order valence-corrected chi connectivity index (χ2v) is 5.58. The number of nitro benzene ring substituents is 1. The molecule has 0 radical (unpaired) electrons. The summed E-state index contributed by atoms with van der Waals surface area (Å²) in [5, 5.41) is 13.2. The minimum absolute atomic E-state index is 0.0463. The zero-order chi connectivity index (χ0) is 18.4. The lowest BCUT2D eigenvalue weighted by atomic mass is 10.2. The van der Waals surface area contributed by atoms with E-state index in [2.05, 4.69) is 5.32 Å². The Bertz CT molecular complexity index is 795. The second-order valence-electron chi connectivity index (χ2n) is 5.17. The molecular formula is C17H15ClN2O5. The molecule has 0 fully saturated rings. The van der Waals surface area contributed by atoms with Crippen LogP contribution in [0.2, 0.25) is 5.02 Å². The van der Waals surface area contributed by atoms with Gasteiger partial charge in [-0.15, -0.1) is 0 Å². The third-order valence-electron chi connectivity index (χ3n) is 3.35. The topological polar surface area (TPSA) is 98.5 Å². The van der Waals surface area contributed by atoms with Crippen LogP contribution in [0.15, 0.2) is 48.5 Å². The predicted molar refractivity (Wildman–Crippen MR) is 91.3 cm³/mol. The second kappa shape index (κ2) is 8.25. The SMILES string of the molecule is C[C@H](OC(=O)c1ccc([N+](=O)[O-])cc1Cl)C(=O)NCc1ccccc1. The molecule has 0 saturated carbocycles. The van der Waals surface area contributed by atoms with Gasteiger partial charge in [-0.3, -0.25) is 14.9 Å². The highest BCUT2D eigenvalue weighted by atomic mass is 35.5. The molecule has 1 amide bonds. The average Bonchev–Trinajstić information content (AvgIpc) is 2.60. The van der Waals surface area contributed by atoms with Crippen molar-refractivity contribution in [1.29, 1.82) is 0 Å². The van der Waals surface area contributed by atoms with Crippen molar-refractivity contribution < 1.29 is 19.2 Å². The zero-order valence-electron chi connectivity index (χ0n) is 13.3. The number of carbonyl (C=O) groups excluding carboxylic acids is 2. The molecule has 1 atom stereocenters. The molecule has 0 aromatic heterocycles. The number of halogens is 1. The van der Waals surface area contributed by atoms with Crippen LogP contribution in [0.5, 0.6) is 0 Å². The van der Waals surface area contributed by atoms with Crippen LogP contribution in [0.1, 0.15) is 22.8 Å². The van der Waals surface area contributed by atoms with E-state index in [0.717, 1.165) is 17.7 Å². The van der Waals surface area contributed by atoms with Crippen LogP contribution in [0.3, 0.4) is 0 Å². The Kier molecular flexibility index (Phi) is 6.08. The molecule has 0 aliphatic carbocycles. The van der Waals surface area contributed by atoms with E-state index in [0.29, 0.717) is 6.54 Å². The van der Waals surface area contributed by atoms with Gasteiger partial charge in [0.25, 0.3) is 11.6 Å². The Morgan fingerprint density at radius 2 is 1.92 bits per heavy atom. The maximum Gasteiger partial charge on any atom is 0.340 e. The van der Waals surface area contributed by atoms with Gasteiger partial charge in [0, 0.05) is 18.7 Å². The first-order chi connectivity index (χ1) is 11.9. The molecule has 25 heavy (non-hydrogen) atoms. The number of rotatable bonds is 6. The number of benzene rings is 2. The Labute approximate surface area is 148 Å². The third kappa shape index (κ3) is 5.02. The smallest absolute Gasteiger partial charge is 0.340 e. The van der Waals surface area contributed by atoms with E-state index in [9.17, 15) is 19.7 Å². The van der Waals surface area contributed by atoms with Crippen molar-refractivity contribution in [2.75, 3.05) is 0 Å². The molecule has 0 unspecified atom stereocenters. The van der Waals surface area contributed by atoms with Gasteiger partial charge in [-0.2, -0.15) is 0 Å². The van der Waals surface area contributed by atoms with Gasteiger partial charge in [-0.25, -0.2) is 4.79 Å². The van der Waals surface area contributed by atoms with Crippen molar-refractivity contribution in [2.45, 2.75) is 19.6 Å². The quantitative estimate of drug-likeness (QED) is 0.483. The molecule has 0 aliphatic rings. The first-order valence-electron chi connectivity index (χ1n) is 7.35. The minimum Gasteiger partial charge on any atom is -0.449 e. The summed E-state index contributed by atoms with van der Waals surface area (Å²) in [5.41, 5.74) is 0.623. The van der Waals surface area contributed by atoms with Gasteiger partial charge in [-0.1, -0.05) is 41.9 Å². The highest BCUT2D eigenvalue weighted by molar-refractivity contribution is 6.33. The number of esters is 1. The highest BCUT2D eigenvalue weighted by Crippen LogP contribution is 2.23. The van der Waals surface area contributed by atoms with Gasteiger partial charge in [0.15, 0.2) is 6.10 Å². The van der Waals surface area contributed by atoms with Gasteiger partial charge < -0.3 is 10.1 Å². The van der Waals surface area contributed by atoms with Crippen molar-refractivity contribution in [3.8, 4) is 0 Å². The van der Waals surface area contributed by atoms with Crippen LogP contribution in [0.4, 0.5) is 5.69 Å². The summed E-state index contributed by atoms with van der Waals surface area (Å²) in [5.74, 6) is -1.29. The maximum absolute atomic E-state index is 12.1.